The first-order valence-corrected chi connectivity index (χ1v) is 8.95. The van der Waals surface area contributed by atoms with E-state index < -0.39 is 0 Å². The molecule has 0 heterocycles. The van der Waals surface area contributed by atoms with Crippen LogP contribution in [0.4, 0.5) is 11.4 Å². The number of amides is 2. The van der Waals surface area contributed by atoms with Gasteiger partial charge in [0.2, 0.25) is 5.91 Å². The topological polar surface area (TPSA) is 67.4 Å². The first-order valence-electron chi connectivity index (χ1n) is 8.19. The number of nitrogens with one attached hydrogen (secondary N) is 2. The fourth-order valence-corrected chi connectivity index (χ4v) is 2.69. The third kappa shape index (κ3) is 5.13. The Bertz CT molecular complexity index is 809. The molecule has 2 aromatic rings. The van der Waals surface area contributed by atoms with Crippen molar-refractivity contribution in [2.75, 3.05) is 17.7 Å². The van der Waals surface area contributed by atoms with Gasteiger partial charge in [-0.05, 0) is 30.7 Å². The quantitative estimate of drug-likeness (QED) is 0.661. The van der Waals surface area contributed by atoms with Crippen LogP contribution in [0.1, 0.15) is 36.5 Å². The number of anilines is 2. The van der Waals surface area contributed by atoms with Crippen molar-refractivity contribution in [1.29, 1.82) is 0 Å². The van der Waals surface area contributed by atoms with Crippen molar-refractivity contribution in [2.24, 2.45) is 0 Å². The van der Waals surface area contributed by atoms with Crippen molar-refractivity contribution in [1.82, 2.24) is 0 Å². The van der Waals surface area contributed by atoms with E-state index in [4.69, 9.17) is 27.9 Å². The highest BCUT2D eigenvalue weighted by Gasteiger charge is 2.14. The maximum Gasteiger partial charge on any atom is 0.257 e. The third-order valence-electron chi connectivity index (χ3n) is 3.69. The van der Waals surface area contributed by atoms with E-state index >= 15 is 0 Å². The molecule has 0 fully saturated rings. The van der Waals surface area contributed by atoms with Crippen molar-refractivity contribution < 1.29 is 14.3 Å². The van der Waals surface area contributed by atoms with Gasteiger partial charge >= 0.3 is 0 Å². The molecule has 5 nitrogen and oxygen atoms in total. The maximum atomic E-state index is 12.4. The predicted octanol–water partition coefficient (Wildman–Crippen LogP) is 5.38. The number of unbranched alkanes of at least 4 members (excludes halogenated alkanes) is 1. The zero-order chi connectivity index (χ0) is 19.1. The molecule has 0 aliphatic rings. The Morgan fingerprint density at radius 1 is 1.12 bits per heavy atom. The van der Waals surface area contributed by atoms with E-state index in [0.29, 0.717) is 28.6 Å². The van der Waals surface area contributed by atoms with Crippen LogP contribution in [0.25, 0.3) is 0 Å². The monoisotopic (exact) mass is 394 g/mol. The largest absolute Gasteiger partial charge is 0.494 e. The minimum Gasteiger partial charge on any atom is -0.494 e. The first-order chi connectivity index (χ1) is 12.5. The summed E-state index contributed by atoms with van der Waals surface area (Å²) in [5, 5.41) is 6.05. The molecule has 0 spiro atoms. The van der Waals surface area contributed by atoms with Crippen molar-refractivity contribution in [2.45, 2.75) is 26.2 Å². The molecular formula is C19H20Cl2N2O3. The lowest BCUT2D eigenvalue weighted by molar-refractivity contribution is -0.116. The maximum absolute atomic E-state index is 12.4. The van der Waals surface area contributed by atoms with Gasteiger partial charge in [0.15, 0.2) is 0 Å². The number of methoxy groups -OCH3 is 1. The molecule has 2 N–H and O–H groups in total. The van der Waals surface area contributed by atoms with Crippen LogP contribution in [0.15, 0.2) is 36.4 Å². The normalized spacial score (nSPS) is 10.3. The van der Waals surface area contributed by atoms with Crippen LogP contribution < -0.4 is 15.4 Å². The van der Waals surface area contributed by atoms with Gasteiger partial charge in [-0.3, -0.25) is 9.59 Å². The zero-order valence-corrected chi connectivity index (χ0v) is 16.1. The van der Waals surface area contributed by atoms with E-state index in [2.05, 4.69) is 10.6 Å². The fourth-order valence-electron chi connectivity index (χ4n) is 2.30. The molecule has 0 saturated heterocycles. The van der Waals surface area contributed by atoms with Gasteiger partial charge in [0.1, 0.15) is 5.75 Å². The molecular weight excluding hydrogens is 375 g/mol. The Morgan fingerprint density at radius 3 is 2.58 bits per heavy atom. The molecule has 138 valence electrons. The summed E-state index contributed by atoms with van der Waals surface area (Å²) < 4.78 is 5.31. The van der Waals surface area contributed by atoms with E-state index in [0.717, 1.165) is 12.8 Å². The number of halogens is 2. The summed E-state index contributed by atoms with van der Waals surface area (Å²) in [6.45, 7) is 2.03. The predicted molar refractivity (Wildman–Crippen MR) is 106 cm³/mol. The van der Waals surface area contributed by atoms with Crippen molar-refractivity contribution in [3.05, 3.63) is 52.0 Å². The Hall–Kier alpha value is -2.24. The SMILES string of the molecule is CCCCC(=O)Nc1ccc(NC(=O)c2cccc(Cl)c2Cl)cc1OC. The molecule has 0 bridgehead atoms. The molecule has 2 aromatic carbocycles. The number of ether oxygens (including phenoxy) is 1. The molecule has 0 aromatic heterocycles. The highest BCUT2D eigenvalue weighted by atomic mass is 35.5. The van der Waals surface area contributed by atoms with Gasteiger partial charge in [0, 0.05) is 18.2 Å². The second-order valence-electron chi connectivity index (χ2n) is 5.62. The molecule has 2 amide bonds. The fraction of sp³-hybridized carbons (Fsp3) is 0.263. The number of carbonyl (C=O) groups excluding carboxylic acids is 2. The minimum absolute atomic E-state index is 0.0763. The molecule has 26 heavy (non-hydrogen) atoms. The van der Waals surface area contributed by atoms with Gasteiger partial charge in [0.25, 0.3) is 5.91 Å². The highest BCUT2D eigenvalue weighted by Crippen LogP contribution is 2.30. The second kappa shape index (κ2) is 9.46. The summed E-state index contributed by atoms with van der Waals surface area (Å²) >= 11 is 12.0. The lowest BCUT2D eigenvalue weighted by Crippen LogP contribution is -2.14. The molecule has 0 atom stereocenters. The average Bonchev–Trinajstić information content (AvgIpc) is 2.63. The lowest BCUT2D eigenvalue weighted by Gasteiger charge is -2.13. The van der Waals surface area contributed by atoms with Crippen LogP contribution in [0.3, 0.4) is 0 Å². The van der Waals surface area contributed by atoms with Crippen molar-refractivity contribution in [3.8, 4) is 5.75 Å². The highest BCUT2D eigenvalue weighted by molar-refractivity contribution is 6.44. The molecule has 2 rings (SSSR count). The standard InChI is InChI=1S/C19H20Cl2N2O3/c1-3-4-8-17(24)23-15-10-9-12(11-16(15)26-2)22-19(25)13-6-5-7-14(20)18(13)21/h5-7,9-11H,3-4,8H2,1-2H3,(H,22,25)(H,23,24). The van der Waals surface area contributed by atoms with Crippen LogP contribution >= 0.6 is 23.2 Å². The summed E-state index contributed by atoms with van der Waals surface area (Å²) in [7, 11) is 1.50. The van der Waals surface area contributed by atoms with Gasteiger partial charge in [-0.2, -0.15) is 0 Å². The Labute approximate surface area is 162 Å². The van der Waals surface area contributed by atoms with Gasteiger partial charge < -0.3 is 15.4 Å². The third-order valence-corrected chi connectivity index (χ3v) is 4.51. The van der Waals surface area contributed by atoms with E-state index in [9.17, 15) is 9.59 Å². The lowest BCUT2D eigenvalue weighted by atomic mass is 10.2. The van der Waals surface area contributed by atoms with Crippen molar-refractivity contribution in [3.63, 3.8) is 0 Å². The average molecular weight is 395 g/mol. The smallest absolute Gasteiger partial charge is 0.257 e. The Morgan fingerprint density at radius 2 is 1.88 bits per heavy atom. The molecule has 0 aliphatic heterocycles. The molecule has 7 heteroatoms. The molecule has 0 saturated carbocycles. The number of carbonyl (C=O) groups is 2. The number of rotatable bonds is 7. The minimum atomic E-state index is -0.390. The van der Waals surface area contributed by atoms with Crippen LogP contribution in [0, 0.1) is 0 Å². The molecule has 0 unspecified atom stereocenters. The van der Waals surface area contributed by atoms with E-state index in [1.165, 1.54) is 7.11 Å². The first kappa shape index (κ1) is 20.1. The molecule has 0 radical (unpaired) electrons. The molecule has 0 aliphatic carbocycles. The van der Waals surface area contributed by atoms with Crippen LogP contribution in [0.2, 0.25) is 10.0 Å². The van der Waals surface area contributed by atoms with E-state index in [1.54, 1.807) is 36.4 Å². The van der Waals surface area contributed by atoms with Crippen LogP contribution in [-0.2, 0) is 4.79 Å². The second-order valence-corrected chi connectivity index (χ2v) is 6.41. The van der Waals surface area contributed by atoms with Gasteiger partial charge in [-0.25, -0.2) is 0 Å². The summed E-state index contributed by atoms with van der Waals surface area (Å²) in [6, 6.07) is 9.83. The number of hydrogen-bond donors (Lipinski definition) is 2. The number of benzene rings is 2. The summed E-state index contributed by atoms with van der Waals surface area (Å²) in [5.74, 6) is -0.0169. The van der Waals surface area contributed by atoms with Gasteiger partial charge in [0.05, 0.1) is 28.4 Å². The van der Waals surface area contributed by atoms with Crippen LogP contribution in [-0.4, -0.2) is 18.9 Å². The van der Waals surface area contributed by atoms with Gasteiger partial charge in [-0.15, -0.1) is 0 Å². The van der Waals surface area contributed by atoms with E-state index in [1.807, 2.05) is 6.92 Å². The summed E-state index contributed by atoms with van der Waals surface area (Å²) in [5.41, 5.74) is 1.33. The summed E-state index contributed by atoms with van der Waals surface area (Å²) in [6.07, 6.45) is 2.22. The zero-order valence-electron chi connectivity index (χ0n) is 14.6. The van der Waals surface area contributed by atoms with Crippen molar-refractivity contribution >= 4 is 46.4 Å². The van der Waals surface area contributed by atoms with E-state index in [-0.39, 0.29) is 22.4 Å². The Balaban J connectivity index is 2.14. The number of hydrogen-bond acceptors (Lipinski definition) is 3. The van der Waals surface area contributed by atoms with Crippen LogP contribution in [0.5, 0.6) is 5.75 Å². The summed E-state index contributed by atoms with van der Waals surface area (Å²) in [4.78, 5) is 24.3. The van der Waals surface area contributed by atoms with Gasteiger partial charge in [-0.1, -0.05) is 42.6 Å². The Kier molecular flexibility index (Phi) is 7.30.